The summed E-state index contributed by atoms with van der Waals surface area (Å²) >= 11 is 5.55. The lowest BCUT2D eigenvalue weighted by molar-refractivity contribution is 0.0499. The number of thiocarbonyl (C=S) groups is 1. The molecule has 0 aromatic heterocycles. The van der Waals surface area contributed by atoms with Crippen LogP contribution in [0.2, 0.25) is 0 Å². The lowest BCUT2D eigenvalue weighted by Crippen LogP contribution is -2.61. The topological polar surface area (TPSA) is 18.5 Å². The van der Waals surface area contributed by atoms with Crippen LogP contribution in [0.5, 0.6) is 0 Å². The average molecular weight is 269 g/mol. The first kappa shape index (κ1) is 14.1. The van der Waals surface area contributed by atoms with E-state index in [1.807, 2.05) is 0 Å². The summed E-state index contributed by atoms with van der Waals surface area (Å²) in [5.41, 5.74) is 0. The zero-order valence-corrected chi connectivity index (χ0v) is 12.6. The smallest absolute Gasteiger partial charge is 0.169 e. The van der Waals surface area contributed by atoms with Crippen LogP contribution >= 0.6 is 12.2 Å². The van der Waals surface area contributed by atoms with E-state index in [-0.39, 0.29) is 0 Å². The summed E-state index contributed by atoms with van der Waals surface area (Å²) in [6, 6.07) is 1.29. The Morgan fingerprint density at radius 3 is 2.94 bits per heavy atom. The SMILES string of the molecule is CCCCNC(=S)N1CC2CCCCN2CC1C. The van der Waals surface area contributed by atoms with Crippen molar-refractivity contribution in [2.45, 2.75) is 58.0 Å². The molecule has 0 amide bonds. The Morgan fingerprint density at radius 1 is 1.33 bits per heavy atom. The molecule has 2 rings (SSSR count). The van der Waals surface area contributed by atoms with E-state index in [1.165, 1.54) is 45.2 Å². The Labute approximate surface area is 117 Å². The first-order chi connectivity index (χ1) is 8.72. The van der Waals surface area contributed by atoms with Crippen LogP contribution in [0.15, 0.2) is 0 Å². The van der Waals surface area contributed by atoms with Crippen LogP contribution in [0.3, 0.4) is 0 Å². The number of nitrogens with zero attached hydrogens (tertiary/aromatic N) is 2. The molecule has 2 heterocycles. The molecule has 0 spiro atoms. The summed E-state index contributed by atoms with van der Waals surface area (Å²) in [4.78, 5) is 5.08. The Morgan fingerprint density at radius 2 is 2.17 bits per heavy atom. The Kier molecular flexibility index (Phi) is 5.25. The van der Waals surface area contributed by atoms with Crippen LogP contribution in [-0.4, -0.2) is 53.2 Å². The second kappa shape index (κ2) is 6.71. The van der Waals surface area contributed by atoms with Gasteiger partial charge in [-0.15, -0.1) is 0 Å². The second-order valence-corrected chi connectivity index (χ2v) is 6.12. The predicted molar refractivity (Wildman–Crippen MR) is 80.9 cm³/mol. The molecule has 18 heavy (non-hydrogen) atoms. The number of rotatable bonds is 3. The van der Waals surface area contributed by atoms with Crippen molar-refractivity contribution >= 4 is 17.3 Å². The molecule has 0 bridgehead atoms. The summed E-state index contributed by atoms with van der Waals surface area (Å²) in [6.07, 6.45) is 6.54. The van der Waals surface area contributed by atoms with Crippen LogP contribution in [0.1, 0.15) is 46.0 Å². The summed E-state index contributed by atoms with van der Waals surface area (Å²) < 4.78 is 0. The van der Waals surface area contributed by atoms with Crippen LogP contribution in [0.25, 0.3) is 0 Å². The third-order valence-electron chi connectivity index (χ3n) is 4.25. The number of nitrogens with one attached hydrogen (secondary N) is 1. The largest absolute Gasteiger partial charge is 0.363 e. The molecular weight excluding hydrogens is 242 g/mol. The molecule has 2 aliphatic rings. The quantitative estimate of drug-likeness (QED) is 0.625. The maximum Gasteiger partial charge on any atom is 0.169 e. The molecule has 2 unspecified atom stereocenters. The van der Waals surface area contributed by atoms with E-state index in [1.54, 1.807) is 0 Å². The zero-order chi connectivity index (χ0) is 13.0. The van der Waals surface area contributed by atoms with Gasteiger partial charge in [0.1, 0.15) is 0 Å². The van der Waals surface area contributed by atoms with E-state index in [0.29, 0.717) is 6.04 Å². The molecule has 2 atom stereocenters. The molecule has 3 nitrogen and oxygen atoms in total. The van der Waals surface area contributed by atoms with Gasteiger partial charge in [-0.2, -0.15) is 0 Å². The maximum atomic E-state index is 5.55. The molecule has 0 aliphatic carbocycles. The fraction of sp³-hybridized carbons (Fsp3) is 0.929. The first-order valence-electron chi connectivity index (χ1n) is 7.51. The first-order valence-corrected chi connectivity index (χ1v) is 7.91. The van der Waals surface area contributed by atoms with Gasteiger partial charge in [0.15, 0.2) is 5.11 Å². The number of hydrogen-bond donors (Lipinski definition) is 1. The lowest BCUT2D eigenvalue weighted by Gasteiger charge is -2.48. The van der Waals surface area contributed by atoms with Gasteiger partial charge in [0.2, 0.25) is 0 Å². The van der Waals surface area contributed by atoms with E-state index in [0.717, 1.165) is 24.2 Å². The van der Waals surface area contributed by atoms with Gasteiger partial charge >= 0.3 is 0 Å². The minimum atomic E-state index is 0.556. The molecule has 0 aromatic carbocycles. The van der Waals surface area contributed by atoms with Gasteiger partial charge in [-0.3, -0.25) is 4.90 Å². The van der Waals surface area contributed by atoms with Gasteiger partial charge in [-0.05, 0) is 44.9 Å². The van der Waals surface area contributed by atoms with Crippen molar-refractivity contribution < 1.29 is 0 Å². The highest BCUT2D eigenvalue weighted by Gasteiger charge is 2.33. The van der Waals surface area contributed by atoms with Crippen molar-refractivity contribution in [2.75, 3.05) is 26.2 Å². The number of fused-ring (bicyclic) bond motifs is 1. The minimum Gasteiger partial charge on any atom is -0.363 e. The van der Waals surface area contributed by atoms with Gasteiger partial charge in [-0.1, -0.05) is 19.8 Å². The number of piperazine rings is 1. The van der Waals surface area contributed by atoms with E-state index in [4.69, 9.17) is 12.2 Å². The highest BCUT2D eigenvalue weighted by Crippen LogP contribution is 2.23. The van der Waals surface area contributed by atoms with Gasteiger partial charge in [0.05, 0.1) is 0 Å². The fourth-order valence-electron chi connectivity index (χ4n) is 3.11. The Hall–Kier alpha value is -0.350. The van der Waals surface area contributed by atoms with Crippen LogP contribution in [-0.2, 0) is 0 Å². The average Bonchev–Trinajstić information content (AvgIpc) is 2.38. The highest BCUT2D eigenvalue weighted by atomic mass is 32.1. The standard InChI is InChI=1S/C14H27N3S/c1-3-4-8-15-14(18)17-11-13-7-5-6-9-16(13)10-12(17)2/h12-13H,3-11H2,1-2H3,(H,15,18). The van der Waals surface area contributed by atoms with Crippen molar-refractivity contribution in [3.8, 4) is 0 Å². The summed E-state index contributed by atoms with van der Waals surface area (Å²) in [5.74, 6) is 0. The van der Waals surface area contributed by atoms with E-state index in [9.17, 15) is 0 Å². The van der Waals surface area contributed by atoms with Crippen LogP contribution < -0.4 is 5.32 Å². The van der Waals surface area contributed by atoms with Crippen molar-refractivity contribution in [1.82, 2.24) is 15.1 Å². The summed E-state index contributed by atoms with van der Waals surface area (Å²) in [6.45, 7) is 9.14. The van der Waals surface area contributed by atoms with E-state index < -0.39 is 0 Å². The van der Waals surface area contributed by atoms with E-state index >= 15 is 0 Å². The molecule has 0 radical (unpaired) electrons. The maximum absolute atomic E-state index is 5.55. The fourth-order valence-corrected chi connectivity index (χ4v) is 3.47. The number of hydrogen-bond acceptors (Lipinski definition) is 2. The normalized spacial score (nSPS) is 28.9. The third-order valence-corrected chi connectivity index (χ3v) is 4.63. The molecule has 2 fully saturated rings. The van der Waals surface area contributed by atoms with Gasteiger partial charge in [0, 0.05) is 31.7 Å². The molecule has 4 heteroatoms. The Bertz CT molecular complexity index is 282. The predicted octanol–water partition coefficient (Wildman–Crippen LogP) is 2.22. The number of unbranched alkanes of at least 4 members (excludes halogenated alkanes) is 1. The summed E-state index contributed by atoms with van der Waals surface area (Å²) in [5, 5.41) is 4.39. The van der Waals surface area contributed by atoms with Crippen molar-refractivity contribution in [1.29, 1.82) is 0 Å². The molecule has 2 aliphatic heterocycles. The highest BCUT2D eigenvalue weighted by molar-refractivity contribution is 7.80. The zero-order valence-electron chi connectivity index (χ0n) is 11.8. The number of piperidine rings is 1. The Balaban J connectivity index is 1.86. The van der Waals surface area contributed by atoms with Crippen molar-refractivity contribution in [3.05, 3.63) is 0 Å². The van der Waals surface area contributed by atoms with Gasteiger partial charge in [-0.25, -0.2) is 0 Å². The monoisotopic (exact) mass is 269 g/mol. The third kappa shape index (κ3) is 3.35. The minimum absolute atomic E-state index is 0.556. The van der Waals surface area contributed by atoms with Gasteiger partial charge in [0.25, 0.3) is 0 Å². The molecule has 0 aromatic rings. The molecule has 104 valence electrons. The van der Waals surface area contributed by atoms with Crippen molar-refractivity contribution in [2.24, 2.45) is 0 Å². The van der Waals surface area contributed by atoms with Crippen LogP contribution in [0, 0.1) is 0 Å². The molecular formula is C14H27N3S. The van der Waals surface area contributed by atoms with Gasteiger partial charge < -0.3 is 10.2 Å². The molecule has 0 saturated carbocycles. The van der Waals surface area contributed by atoms with E-state index in [2.05, 4.69) is 29.0 Å². The molecule has 1 N–H and O–H groups in total. The molecule has 2 saturated heterocycles. The van der Waals surface area contributed by atoms with Crippen LogP contribution in [0.4, 0.5) is 0 Å². The lowest BCUT2D eigenvalue weighted by atomic mass is 9.97. The van der Waals surface area contributed by atoms with Crippen molar-refractivity contribution in [3.63, 3.8) is 0 Å². The summed E-state index contributed by atoms with van der Waals surface area (Å²) in [7, 11) is 0. The second-order valence-electron chi connectivity index (χ2n) is 5.73.